The molecule has 4 rings (SSSR count). The molecular formula is C21H22N4O3S. The second kappa shape index (κ2) is 8.18. The van der Waals surface area contributed by atoms with Gasteiger partial charge in [-0.15, -0.1) is 10.2 Å². The fourth-order valence-corrected chi connectivity index (χ4v) is 4.31. The number of hydrogen-bond donors (Lipinski definition) is 1. The van der Waals surface area contributed by atoms with Crippen molar-refractivity contribution in [1.29, 1.82) is 0 Å². The first-order chi connectivity index (χ1) is 14.0. The number of sulfonamides is 1. The number of ether oxygens (including phenoxy) is 1. The summed E-state index contributed by atoms with van der Waals surface area (Å²) in [5.41, 5.74) is 2.98. The maximum absolute atomic E-state index is 12.5. The van der Waals surface area contributed by atoms with Crippen LogP contribution in [0.25, 0.3) is 11.3 Å². The molecule has 150 valence electrons. The zero-order valence-electron chi connectivity index (χ0n) is 16.1. The molecule has 1 aromatic heterocycles. The zero-order valence-corrected chi connectivity index (χ0v) is 16.9. The summed E-state index contributed by atoms with van der Waals surface area (Å²) in [6, 6.07) is 17.8. The second-order valence-electron chi connectivity index (χ2n) is 6.88. The standard InChI is InChI=1S/C21H22N4O3S/c1-16-3-2-4-19(15-16)29(26,27)24-18-7-5-17(6-8-18)20-9-10-21(23-22-20)25-11-13-28-14-12-25/h2-10,15,24H,11-14H2,1H3. The van der Waals surface area contributed by atoms with Crippen molar-refractivity contribution in [2.24, 2.45) is 0 Å². The van der Waals surface area contributed by atoms with Gasteiger partial charge in [-0.2, -0.15) is 0 Å². The van der Waals surface area contributed by atoms with E-state index in [-0.39, 0.29) is 4.90 Å². The van der Waals surface area contributed by atoms with Gasteiger partial charge >= 0.3 is 0 Å². The Balaban J connectivity index is 1.47. The molecule has 0 aliphatic carbocycles. The minimum absolute atomic E-state index is 0.242. The van der Waals surface area contributed by atoms with Gasteiger partial charge in [-0.25, -0.2) is 8.42 Å². The van der Waals surface area contributed by atoms with Crippen molar-refractivity contribution in [1.82, 2.24) is 10.2 Å². The van der Waals surface area contributed by atoms with Gasteiger partial charge in [0, 0.05) is 24.3 Å². The fraction of sp³-hybridized carbons (Fsp3) is 0.238. The van der Waals surface area contributed by atoms with Gasteiger partial charge in [-0.05, 0) is 48.9 Å². The predicted octanol–water partition coefficient (Wildman–Crippen LogP) is 3.09. The summed E-state index contributed by atoms with van der Waals surface area (Å²) in [6.45, 7) is 4.87. The Morgan fingerprint density at radius 2 is 1.72 bits per heavy atom. The topological polar surface area (TPSA) is 84.4 Å². The molecule has 0 radical (unpaired) electrons. The average molecular weight is 410 g/mol. The third-order valence-electron chi connectivity index (χ3n) is 4.72. The van der Waals surface area contributed by atoms with E-state index in [1.54, 1.807) is 30.3 Å². The first kappa shape index (κ1) is 19.4. The molecule has 1 aliphatic rings. The lowest BCUT2D eigenvalue weighted by atomic mass is 10.1. The number of hydrogen-bond acceptors (Lipinski definition) is 6. The molecule has 1 N–H and O–H groups in total. The van der Waals surface area contributed by atoms with Crippen molar-refractivity contribution < 1.29 is 13.2 Å². The molecule has 0 amide bonds. The number of rotatable bonds is 5. The van der Waals surface area contributed by atoms with Gasteiger partial charge in [0.15, 0.2) is 5.82 Å². The van der Waals surface area contributed by atoms with Crippen LogP contribution in [0.15, 0.2) is 65.6 Å². The molecule has 1 aliphatic heterocycles. The normalized spacial score (nSPS) is 14.6. The zero-order chi connectivity index (χ0) is 20.3. The van der Waals surface area contributed by atoms with Crippen LogP contribution in [0.2, 0.25) is 0 Å². The number of morpholine rings is 1. The number of nitrogens with zero attached hydrogens (tertiary/aromatic N) is 3. The van der Waals surface area contributed by atoms with Gasteiger partial charge < -0.3 is 9.64 Å². The molecule has 2 heterocycles. The number of benzene rings is 2. The summed E-state index contributed by atoms with van der Waals surface area (Å²) >= 11 is 0. The maximum atomic E-state index is 12.5. The molecule has 1 fully saturated rings. The predicted molar refractivity (Wildman–Crippen MR) is 112 cm³/mol. The first-order valence-corrected chi connectivity index (χ1v) is 10.9. The van der Waals surface area contributed by atoms with E-state index in [0.717, 1.165) is 35.7 Å². The highest BCUT2D eigenvalue weighted by Gasteiger charge is 2.15. The van der Waals surface area contributed by atoms with E-state index >= 15 is 0 Å². The fourth-order valence-electron chi connectivity index (χ4n) is 3.15. The maximum Gasteiger partial charge on any atom is 0.261 e. The number of aromatic nitrogens is 2. The van der Waals surface area contributed by atoms with Crippen LogP contribution in [0.1, 0.15) is 5.56 Å². The Hall–Kier alpha value is -2.97. The second-order valence-corrected chi connectivity index (χ2v) is 8.56. The average Bonchev–Trinajstić information content (AvgIpc) is 2.75. The quantitative estimate of drug-likeness (QED) is 0.696. The van der Waals surface area contributed by atoms with Crippen molar-refractivity contribution >= 4 is 21.5 Å². The Morgan fingerprint density at radius 1 is 0.966 bits per heavy atom. The Bertz CT molecular complexity index is 1080. The molecule has 7 nitrogen and oxygen atoms in total. The number of aryl methyl sites for hydroxylation is 1. The highest BCUT2D eigenvalue weighted by Crippen LogP contribution is 2.23. The molecule has 3 aromatic rings. The lowest BCUT2D eigenvalue weighted by Crippen LogP contribution is -2.36. The Labute approximate surface area is 170 Å². The Morgan fingerprint density at radius 3 is 2.38 bits per heavy atom. The molecule has 0 spiro atoms. The molecule has 8 heteroatoms. The summed E-state index contributed by atoms with van der Waals surface area (Å²) < 4.78 is 33.1. The van der Waals surface area contributed by atoms with Crippen LogP contribution >= 0.6 is 0 Å². The molecule has 0 saturated carbocycles. The molecule has 0 atom stereocenters. The van der Waals surface area contributed by atoms with Crippen LogP contribution in [0.3, 0.4) is 0 Å². The van der Waals surface area contributed by atoms with Crippen molar-refractivity contribution in [2.75, 3.05) is 35.9 Å². The molecule has 0 unspecified atom stereocenters. The monoisotopic (exact) mass is 410 g/mol. The van der Waals surface area contributed by atoms with Crippen LogP contribution in [-0.4, -0.2) is 44.9 Å². The minimum atomic E-state index is -3.63. The van der Waals surface area contributed by atoms with Crippen LogP contribution in [0.5, 0.6) is 0 Å². The molecule has 1 saturated heterocycles. The van der Waals surface area contributed by atoms with Crippen molar-refractivity contribution in [2.45, 2.75) is 11.8 Å². The SMILES string of the molecule is Cc1cccc(S(=O)(=O)Nc2ccc(-c3ccc(N4CCOCC4)nn3)cc2)c1. The van der Waals surface area contributed by atoms with E-state index in [9.17, 15) is 8.42 Å². The molecule has 0 bridgehead atoms. The van der Waals surface area contributed by atoms with E-state index in [2.05, 4.69) is 19.8 Å². The van der Waals surface area contributed by atoms with Crippen LogP contribution in [0.4, 0.5) is 11.5 Å². The van der Waals surface area contributed by atoms with Crippen molar-refractivity contribution in [3.8, 4) is 11.3 Å². The largest absolute Gasteiger partial charge is 0.378 e. The molecule has 29 heavy (non-hydrogen) atoms. The minimum Gasteiger partial charge on any atom is -0.378 e. The van der Waals surface area contributed by atoms with E-state index in [1.165, 1.54) is 0 Å². The molecule has 2 aromatic carbocycles. The number of anilines is 2. The van der Waals surface area contributed by atoms with Gasteiger partial charge in [0.05, 0.1) is 23.8 Å². The van der Waals surface area contributed by atoms with Gasteiger partial charge in [0.25, 0.3) is 10.0 Å². The van der Waals surface area contributed by atoms with Crippen LogP contribution in [-0.2, 0) is 14.8 Å². The number of nitrogens with one attached hydrogen (secondary N) is 1. The summed E-state index contributed by atoms with van der Waals surface area (Å²) in [4.78, 5) is 2.38. The van der Waals surface area contributed by atoms with E-state index in [0.29, 0.717) is 18.9 Å². The Kier molecular flexibility index (Phi) is 5.46. The smallest absolute Gasteiger partial charge is 0.261 e. The first-order valence-electron chi connectivity index (χ1n) is 9.38. The van der Waals surface area contributed by atoms with Gasteiger partial charge in [-0.1, -0.05) is 24.3 Å². The lowest BCUT2D eigenvalue weighted by molar-refractivity contribution is 0.122. The highest BCUT2D eigenvalue weighted by molar-refractivity contribution is 7.92. The van der Waals surface area contributed by atoms with E-state index in [4.69, 9.17) is 4.74 Å². The molecular weight excluding hydrogens is 388 g/mol. The van der Waals surface area contributed by atoms with Gasteiger partial charge in [0.1, 0.15) is 0 Å². The van der Waals surface area contributed by atoms with E-state index in [1.807, 2.05) is 37.3 Å². The highest BCUT2D eigenvalue weighted by atomic mass is 32.2. The third-order valence-corrected chi connectivity index (χ3v) is 6.10. The summed E-state index contributed by atoms with van der Waals surface area (Å²) in [5, 5.41) is 8.63. The lowest BCUT2D eigenvalue weighted by Gasteiger charge is -2.27. The van der Waals surface area contributed by atoms with Crippen molar-refractivity contribution in [3.63, 3.8) is 0 Å². The van der Waals surface area contributed by atoms with Crippen molar-refractivity contribution in [3.05, 3.63) is 66.2 Å². The summed E-state index contributed by atoms with van der Waals surface area (Å²) in [5.74, 6) is 0.833. The van der Waals surface area contributed by atoms with Gasteiger partial charge in [-0.3, -0.25) is 4.72 Å². The third kappa shape index (κ3) is 4.55. The summed E-state index contributed by atoms with van der Waals surface area (Å²) in [6.07, 6.45) is 0. The van der Waals surface area contributed by atoms with Crippen LogP contribution in [0, 0.1) is 6.92 Å². The van der Waals surface area contributed by atoms with Gasteiger partial charge in [0.2, 0.25) is 0 Å². The van der Waals surface area contributed by atoms with Crippen LogP contribution < -0.4 is 9.62 Å². The van der Waals surface area contributed by atoms with E-state index < -0.39 is 10.0 Å². The summed E-state index contributed by atoms with van der Waals surface area (Å²) in [7, 11) is -3.63.